The van der Waals surface area contributed by atoms with Crippen molar-refractivity contribution in [2.45, 2.75) is 70.6 Å². The molecule has 0 heterocycles. The van der Waals surface area contributed by atoms with E-state index in [4.69, 9.17) is 5.73 Å². The molecule has 30 heavy (non-hydrogen) atoms. The summed E-state index contributed by atoms with van der Waals surface area (Å²) in [7, 11) is 0. The number of fused-ring (bicyclic) bond motifs is 5. The van der Waals surface area contributed by atoms with Gasteiger partial charge in [-0.15, -0.1) is 0 Å². The van der Waals surface area contributed by atoms with Crippen molar-refractivity contribution in [2.24, 2.45) is 34.3 Å². The quantitative estimate of drug-likeness (QED) is 0.603. The van der Waals surface area contributed by atoms with E-state index in [1.54, 1.807) is 0 Å². The fourth-order valence-corrected chi connectivity index (χ4v) is 9.01. The third-order valence-corrected chi connectivity index (χ3v) is 10.6. The molecule has 6 atom stereocenters. The van der Waals surface area contributed by atoms with Crippen LogP contribution in [0, 0.1) is 28.6 Å². The van der Waals surface area contributed by atoms with E-state index in [0.717, 1.165) is 55.0 Å². The molecule has 3 saturated carbocycles. The van der Waals surface area contributed by atoms with Gasteiger partial charge in [0.1, 0.15) is 0 Å². The van der Waals surface area contributed by atoms with Gasteiger partial charge in [-0.3, -0.25) is 9.59 Å². The van der Waals surface area contributed by atoms with E-state index >= 15 is 0 Å². The standard InChI is InChI=1S/C26H32BrNO2/c1-24-12-9-17(29)15-16(24)7-8-18-19(24)10-13-25(2)20(18)11-14-26(25,23(28)30)21-5-3-4-6-22(21)27/h3-6,15,18-20H,7-14H2,1-2H3,(H2,28,30)/t18-,19-,20+,24+,25+,26?/m1/s1. The molecule has 0 aliphatic heterocycles. The largest absolute Gasteiger partial charge is 0.369 e. The van der Waals surface area contributed by atoms with Crippen LogP contribution in [-0.4, -0.2) is 11.7 Å². The summed E-state index contributed by atoms with van der Waals surface area (Å²) < 4.78 is 0.999. The predicted octanol–water partition coefficient (Wildman–Crippen LogP) is 5.70. The minimum absolute atomic E-state index is 0.119. The molecule has 1 amide bonds. The molecule has 0 aromatic heterocycles. The van der Waals surface area contributed by atoms with Crippen molar-refractivity contribution in [2.75, 3.05) is 0 Å². The molecule has 0 spiro atoms. The van der Waals surface area contributed by atoms with E-state index < -0.39 is 5.41 Å². The molecule has 4 aliphatic carbocycles. The Kier molecular flexibility index (Phi) is 4.63. The lowest BCUT2D eigenvalue weighted by molar-refractivity contribution is -0.133. The molecule has 1 aromatic carbocycles. The Labute approximate surface area is 188 Å². The van der Waals surface area contributed by atoms with Crippen molar-refractivity contribution < 1.29 is 9.59 Å². The van der Waals surface area contributed by atoms with E-state index in [0.29, 0.717) is 30.0 Å². The van der Waals surface area contributed by atoms with E-state index in [9.17, 15) is 9.59 Å². The minimum Gasteiger partial charge on any atom is -0.369 e. The number of halogens is 1. The van der Waals surface area contributed by atoms with E-state index in [1.807, 2.05) is 24.3 Å². The highest BCUT2D eigenvalue weighted by Crippen LogP contribution is 2.70. The first-order valence-corrected chi connectivity index (χ1v) is 12.3. The first kappa shape index (κ1) is 20.5. The lowest BCUT2D eigenvalue weighted by Crippen LogP contribution is -2.57. The van der Waals surface area contributed by atoms with Crippen LogP contribution in [0.5, 0.6) is 0 Å². The van der Waals surface area contributed by atoms with E-state index in [-0.39, 0.29) is 16.7 Å². The highest BCUT2D eigenvalue weighted by atomic mass is 79.9. The summed E-state index contributed by atoms with van der Waals surface area (Å²) in [5.41, 5.74) is 8.14. The van der Waals surface area contributed by atoms with Gasteiger partial charge in [-0.2, -0.15) is 0 Å². The van der Waals surface area contributed by atoms with Crippen LogP contribution in [0.15, 0.2) is 40.4 Å². The van der Waals surface area contributed by atoms with Gasteiger partial charge in [0.15, 0.2) is 5.78 Å². The minimum atomic E-state index is -0.609. The van der Waals surface area contributed by atoms with E-state index in [1.165, 1.54) is 5.57 Å². The summed E-state index contributed by atoms with van der Waals surface area (Å²) in [5, 5.41) is 0. The maximum atomic E-state index is 13.2. The molecular weight excluding hydrogens is 438 g/mol. The van der Waals surface area contributed by atoms with Gasteiger partial charge in [0.25, 0.3) is 0 Å². The molecule has 160 valence electrons. The van der Waals surface area contributed by atoms with Crippen molar-refractivity contribution >= 4 is 27.6 Å². The number of primary amides is 1. The van der Waals surface area contributed by atoms with Gasteiger partial charge in [0.05, 0.1) is 5.41 Å². The zero-order chi connectivity index (χ0) is 21.3. The Morgan fingerprint density at radius 2 is 1.77 bits per heavy atom. The fourth-order valence-electron chi connectivity index (χ4n) is 8.39. The molecule has 5 rings (SSSR count). The average Bonchev–Trinajstić information content (AvgIpc) is 3.03. The van der Waals surface area contributed by atoms with Crippen LogP contribution in [-0.2, 0) is 15.0 Å². The summed E-state index contributed by atoms with van der Waals surface area (Å²) in [6.45, 7) is 4.76. The highest BCUT2D eigenvalue weighted by molar-refractivity contribution is 9.10. The molecule has 3 fully saturated rings. The Hall–Kier alpha value is -1.42. The molecule has 0 saturated heterocycles. The van der Waals surface area contributed by atoms with Gasteiger partial charge in [0.2, 0.25) is 5.91 Å². The van der Waals surface area contributed by atoms with Crippen LogP contribution < -0.4 is 5.73 Å². The zero-order valence-corrected chi connectivity index (χ0v) is 19.6. The van der Waals surface area contributed by atoms with Crippen molar-refractivity contribution in [3.63, 3.8) is 0 Å². The summed E-state index contributed by atoms with van der Waals surface area (Å²) >= 11 is 3.73. The third kappa shape index (κ3) is 2.49. The number of carbonyl (C=O) groups is 2. The van der Waals surface area contributed by atoms with Crippen LogP contribution in [0.3, 0.4) is 0 Å². The first-order valence-electron chi connectivity index (χ1n) is 11.5. The number of amides is 1. The molecule has 1 aromatic rings. The summed E-state index contributed by atoms with van der Waals surface area (Å²) in [6.07, 6.45) is 9.89. The summed E-state index contributed by atoms with van der Waals surface area (Å²) in [5.74, 6) is 1.88. The number of hydrogen-bond acceptors (Lipinski definition) is 2. The SMILES string of the molecule is C[C@]12CCC(=O)C=C1CC[C@@H]1[C@H]2CC[C@@]2(C)[C@H]1CCC2(C(N)=O)c1ccccc1Br. The molecule has 0 bridgehead atoms. The fraction of sp³-hybridized carbons (Fsp3) is 0.615. The average molecular weight is 470 g/mol. The lowest BCUT2D eigenvalue weighted by atomic mass is 9.44. The number of ketones is 1. The molecule has 0 radical (unpaired) electrons. The zero-order valence-electron chi connectivity index (χ0n) is 18.0. The number of rotatable bonds is 2. The molecule has 4 heteroatoms. The monoisotopic (exact) mass is 469 g/mol. The Balaban J connectivity index is 1.58. The highest BCUT2D eigenvalue weighted by Gasteiger charge is 2.67. The van der Waals surface area contributed by atoms with Crippen LogP contribution in [0.4, 0.5) is 0 Å². The molecule has 1 unspecified atom stereocenters. The van der Waals surface area contributed by atoms with E-state index in [2.05, 4.69) is 35.8 Å². The Morgan fingerprint density at radius 1 is 1.03 bits per heavy atom. The Morgan fingerprint density at radius 3 is 2.50 bits per heavy atom. The maximum Gasteiger partial charge on any atom is 0.228 e. The van der Waals surface area contributed by atoms with Gasteiger partial charge >= 0.3 is 0 Å². The van der Waals surface area contributed by atoms with Gasteiger partial charge < -0.3 is 5.73 Å². The van der Waals surface area contributed by atoms with Gasteiger partial charge in [0, 0.05) is 10.9 Å². The Bertz CT molecular complexity index is 954. The van der Waals surface area contributed by atoms with Crippen molar-refractivity contribution in [3.05, 3.63) is 46.0 Å². The summed E-state index contributed by atoms with van der Waals surface area (Å²) in [4.78, 5) is 25.2. The second-order valence-electron chi connectivity index (χ2n) is 10.7. The van der Waals surface area contributed by atoms with Crippen LogP contribution in [0.1, 0.15) is 70.8 Å². The van der Waals surface area contributed by atoms with Crippen LogP contribution >= 0.6 is 15.9 Å². The van der Waals surface area contributed by atoms with Gasteiger partial charge in [-0.25, -0.2) is 0 Å². The van der Waals surface area contributed by atoms with Crippen molar-refractivity contribution in [1.29, 1.82) is 0 Å². The van der Waals surface area contributed by atoms with Gasteiger partial charge in [-0.05, 0) is 91.2 Å². The van der Waals surface area contributed by atoms with Crippen molar-refractivity contribution in [1.82, 2.24) is 0 Å². The number of allylic oxidation sites excluding steroid dienone is 1. The number of hydrogen-bond donors (Lipinski definition) is 1. The first-order chi connectivity index (χ1) is 14.2. The van der Waals surface area contributed by atoms with Gasteiger partial charge in [-0.1, -0.05) is 53.5 Å². The molecule has 4 aliphatic rings. The normalized spacial score (nSPS) is 42.7. The van der Waals surface area contributed by atoms with Crippen LogP contribution in [0.2, 0.25) is 0 Å². The predicted molar refractivity (Wildman–Crippen MR) is 122 cm³/mol. The second kappa shape index (κ2) is 6.79. The number of benzene rings is 1. The number of nitrogens with two attached hydrogens (primary N) is 1. The lowest BCUT2D eigenvalue weighted by Gasteiger charge is -2.59. The van der Waals surface area contributed by atoms with Crippen LogP contribution in [0.25, 0.3) is 0 Å². The smallest absolute Gasteiger partial charge is 0.228 e. The maximum absolute atomic E-state index is 13.2. The summed E-state index contributed by atoms with van der Waals surface area (Å²) in [6, 6.07) is 8.18. The molecule has 3 nitrogen and oxygen atoms in total. The topological polar surface area (TPSA) is 60.2 Å². The van der Waals surface area contributed by atoms with Crippen molar-refractivity contribution in [3.8, 4) is 0 Å². The number of carbonyl (C=O) groups excluding carboxylic acids is 2. The third-order valence-electron chi connectivity index (χ3n) is 9.91. The second-order valence-corrected chi connectivity index (χ2v) is 11.6. The molecule has 2 N–H and O–H groups in total. The molecular formula is C26H32BrNO2.